The smallest absolute Gasteiger partial charge is 0.248 e. The third-order valence-electron chi connectivity index (χ3n) is 11.8. The highest BCUT2D eigenvalue weighted by atomic mass is 19.1. The Morgan fingerprint density at radius 3 is 2.74 bits per heavy atom. The van der Waals surface area contributed by atoms with Gasteiger partial charge in [-0.3, -0.25) is 9.69 Å². The Balaban J connectivity index is 1.31. The van der Waals surface area contributed by atoms with Crippen LogP contribution in [-0.4, -0.2) is 83.3 Å². The highest BCUT2D eigenvalue weighted by Crippen LogP contribution is 2.49. The van der Waals surface area contributed by atoms with Gasteiger partial charge in [0.1, 0.15) is 18.2 Å². The van der Waals surface area contributed by atoms with E-state index in [4.69, 9.17) is 14.5 Å². The number of likely N-dealkylation sites (N-methyl/N-ethyl adjacent to an activating group) is 1. The number of amides is 1. The van der Waals surface area contributed by atoms with Crippen molar-refractivity contribution in [2.45, 2.75) is 63.9 Å². The summed E-state index contributed by atoms with van der Waals surface area (Å²) in [5.74, 6) is 0.403. The van der Waals surface area contributed by atoms with E-state index in [1.165, 1.54) is 0 Å². The van der Waals surface area contributed by atoms with Crippen LogP contribution in [0.4, 0.5) is 4.39 Å². The van der Waals surface area contributed by atoms with Crippen LogP contribution in [0.3, 0.4) is 0 Å². The molecule has 2 bridgehead atoms. The van der Waals surface area contributed by atoms with Gasteiger partial charge < -0.3 is 24.3 Å². The average molecular weight is 673 g/mol. The predicted octanol–water partition coefficient (Wildman–Crippen LogP) is 6.08. The summed E-state index contributed by atoms with van der Waals surface area (Å²) in [6.07, 6.45) is 3.05. The molecule has 10 heteroatoms. The van der Waals surface area contributed by atoms with Crippen LogP contribution in [0.2, 0.25) is 0 Å². The number of aryl methyl sites for hydroxylation is 1. The second-order valence-electron chi connectivity index (χ2n) is 14.7. The van der Waals surface area contributed by atoms with Crippen molar-refractivity contribution < 1.29 is 18.7 Å². The van der Waals surface area contributed by atoms with Crippen LogP contribution in [0.15, 0.2) is 48.5 Å². The Bertz CT molecular complexity index is 2220. The van der Waals surface area contributed by atoms with Crippen molar-refractivity contribution in [1.82, 2.24) is 24.7 Å². The molecule has 9 nitrogen and oxygen atoms in total. The minimum absolute atomic E-state index is 0.0292. The summed E-state index contributed by atoms with van der Waals surface area (Å²) in [7, 11) is 2.13. The molecule has 5 aromatic rings. The topological polar surface area (TPSA) is 95.7 Å². The second kappa shape index (κ2) is 12.0. The van der Waals surface area contributed by atoms with E-state index in [1.807, 2.05) is 42.2 Å². The minimum atomic E-state index is -0.426. The lowest BCUT2D eigenvalue weighted by Crippen LogP contribution is -2.43. The number of fused-ring (bicyclic) bond motifs is 5. The van der Waals surface area contributed by atoms with Crippen LogP contribution >= 0.6 is 0 Å². The van der Waals surface area contributed by atoms with Gasteiger partial charge in [-0.15, -0.1) is 0 Å². The van der Waals surface area contributed by atoms with Crippen LogP contribution in [0, 0.1) is 30.0 Å². The molecule has 5 aliphatic rings. The van der Waals surface area contributed by atoms with Crippen LogP contribution in [-0.2, 0) is 16.1 Å². The van der Waals surface area contributed by atoms with E-state index >= 15 is 4.39 Å². The van der Waals surface area contributed by atoms with Gasteiger partial charge in [-0.05, 0) is 87.3 Å². The fourth-order valence-electron chi connectivity index (χ4n) is 9.30. The van der Waals surface area contributed by atoms with Crippen molar-refractivity contribution in [3.63, 3.8) is 0 Å². The lowest BCUT2D eigenvalue weighted by molar-refractivity contribution is -0.143. The van der Waals surface area contributed by atoms with Gasteiger partial charge >= 0.3 is 0 Å². The highest BCUT2D eigenvalue weighted by molar-refractivity contribution is 6.10. The van der Waals surface area contributed by atoms with E-state index in [0.717, 1.165) is 70.7 Å². The quantitative estimate of drug-likeness (QED) is 0.224. The number of morpholine rings is 1. The summed E-state index contributed by atoms with van der Waals surface area (Å²) in [4.78, 5) is 22.2. The number of carbonyl (C=O) groups is 1. The molecule has 1 N–H and O–H groups in total. The number of pyridine rings is 1. The van der Waals surface area contributed by atoms with Crippen molar-refractivity contribution in [2.75, 3.05) is 39.9 Å². The number of halogens is 1. The zero-order valence-corrected chi connectivity index (χ0v) is 28.7. The van der Waals surface area contributed by atoms with Gasteiger partial charge in [0.2, 0.25) is 11.8 Å². The number of carbonyl (C=O) groups excluding carboxylic acids is 1. The molecule has 5 fully saturated rings. The summed E-state index contributed by atoms with van der Waals surface area (Å²) in [5, 5.41) is 16.9. The Kier molecular flexibility index (Phi) is 7.57. The number of likely N-dealkylation sites (tertiary alicyclic amines) is 1. The number of ether oxygens (including phenoxy) is 2. The third kappa shape index (κ3) is 4.82. The van der Waals surface area contributed by atoms with E-state index in [9.17, 15) is 10.1 Å². The molecule has 1 unspecified atom stereocenters. The van der Waals surface area contributed by atoms with Crippen molar-refractivity contribution in [3.05, 3.63) is 71.2 Å². The lowest BCUT2D eigenvalue weighted by atomic mass is 9.79. The Hall–Kier alpha value is -4.56. The van der Waals surface area contributed by atoms with Crippen molar-refractivity contribution in [1.29, 1.82) is 5.26 Å². The molecular weight excluding hydrogens is 631 g/mol. The maximum absolute atomic E-state index is 17.5. The summed E-state index contributed by atoms with van der Waals surface area (Å²) in [6.45, 7) is 7.51. The zero-order chi connectivity index (χ0) is 34.3. The normalized spacial score (nSPS) is 24.3. The maximum atomic E-state index is 17.5. The summed E-state index contributed by atoms with van der Waals surface area (Å²) >= 11 is 0. The van der Waals surface area contributed by atoms with Gasteiger partial charge in [-0.1, -0.05) is 30.3 Å². The molecule has 4 saturated heterocycles. The fraction of sp³-hybridized carbons (Fsp3) is 0.425. The summed E-state index contributed by atoms with van der Waals surface area (Å²) in [5.41, 5.74) is 4.53. The first-order valence-corrected chi connectivity index (χ1v) is 17.9. The van der Waals surface area contributed by atoms with Crippen LogP contribution in [0.5, 0.6) is 5.88 Å². The number of hydrogen-bond donors (Lipinski definition) is 1. The van der Waals surface area contributed by atoms with Crippen LogP contribution in [0.25, 0.3) is 43.7 Å². The maximum Gasteiger partial charge on any atom is 0.248 e. The van der Waals surface area contributed by atoms with E-state index in [0.29, 0.717) is 54.2 Å². The van der Waals surface area contributed by atoms with Crippen molar-refractivity contribution >= 4 is 38.5 Å². The minimum Gasteiger partial charge on any atom is -0.472 e. The van der Waals surface area contributed by atoms with Gasteiger partial charge in [0, 0.05) is 47.2 Å². The number of rotatable bonds is 7. The van der Waals surface area contributed by atoms with Crippen LogP contribution < -0.4 is 10.1 Å². The molecule has 3 aromatic carbocycles. The molecule has 0 spiro atoms. The Labute approximate surface area is 290 Å². The number of benzene rings is 3. The molecule has 10 rings (SSSR count). The molecule has 256 valence electrons. The molecule has 50 heavy (non-hydrogen) atoms. The molecule has 0 radical (unpaired) electrons. The molecule has 1 aliphatic carbocycles. The van der Waals surface area contributed by atoms with E-state index in [-0.39, 0.29) is 36.2 Å². The van der Waals surface area contributed by atoms with E-state index < -0.39 is 5.82 Å². The number of hydrogen-bond acceptors (Lipinski definition) is 7. The number of aromatic nitrogens is 2. The highest BCUT2D eigenvalue weighted by Gasteiger charge is 2.49. The first-order valence-electron chi connectivity index (χ1n) is 17.9. The fourth-order valence-corrected chi connectivity index (χ4v) is 9.30. The zero-order valence-electron chi connectivity index (χ0n) is 28.7. The van der Waals surface area contributed by atoms with E-state index in [2.05, 4.69) is 47.0 Å². The molecule has 6 heterocycles. The SMILES string of the molecule is Cc1cc2c(nc(O[C@@H](C)[C@@H]3CCCN3C)c3cc(CN4CCOCC4=O)n([C@@H]4C5C[C@@H]4CN5)c32)c(F)c1-c1cccc2cccc(C#N)c12. The molecular formula is C40H41FN6O3. The monoisotopic (exact) mass is 672 g/mol. The van der Waals surface area contributed by atoms with Crippen LogP contribution in [0.1, 0.15) is 49.0 Å². The molecule has 1 saturated carbocycles. The molecule has 2 aromatic heterocycles. The summed E-state index contributed by atoms with van der Waals surface area (Å²) < 4.78 is 32.2. The first-order chi connectivity index (χ1) is 24.3. The number of nitrogens with one attached hydrogen (secondary N) is 1. The second-order valence-corrected chi connectivity index (χ2v) is 14.7. The number of nitriles is 1. The first kappa shape index (κ1) is 31.4. The van der Waals surface area contributed by atoms with Gasteiger partial charge in [0.05, 0.1) is 41.7 Å². The molecule has 5 atom stereocenters. The van der Waals surface area contributed by atoms with Gasteiger partial charge in [-0.25, -0.2) is 9.37 Å². The Morgan fingerprint density at radius 2 is 2.02 bits per heavy atom. The molecule has 4 aliphatic heterocycles. The van der Waals surface area contributed by atoms with Crippen molar-refractivity contribution in [3.8, 4) is 23.1 Å². The Morgan fingerprint density at radius 1 is 1.18 bits per heavy atom. The largest absolute Gasteiger partial charge is 0.472 e. The lowest BCUT2D eigenvalue weighted by Gasteiger charge is -2.38. The molecule has 1 amide bonds. The standard InChI is InChI=1S/C40H41FN6O3/c1-22-15-29-37(36(41)34(22)28-10-5-8-24-7-4-9-25(18-42)35(24)28)44-40(50-23(2)32-11-6-12-45(32)3)30-17-27(20-46-13-14-49-21-33(46)48)47(39(29)30)38-26-16-31(38)43-19-26/h4-5,7-10,15,17,23,26,31-32,38,43H,6,11-14,16,19-21H2,1-3H3/t23-,26+,31?,32-,38-/m0/s1. The van der Waals surface area contributed by atoms with Gasteiger partial charge in [0.25, 0.3) is 0 Å². The third-order valence-corrected chi connectivity index (χ3v) is 11.8. The summed E-state index contributed by atoms with van der Waals surface area (Å²) in [6, 6.07) is 18.6. The van der Waals surface area contributed by atoms with Gasteiger partial charge in [-0.2, -0.15) is 5.26 Å². The van der Waals surface area contributed by atoms with Gasteiger partial charge in [0.15, 0.2) is 5.82 Å². The predicted molar refractivity (Wildman–Crippen MR) is 191 cm³/mol. The number of nitrogens with zero attached hydrogens (tertiary/aromatic N) is 5. The van der Waals surface area contributed by atoms with E-state index in [1.54, 1.807) is 6.07 Å². The average Bonchev–Trinajstić information content (AvgIpc) is 3.92. The van der Waals surface area contributed by atoms with Crippen molar-refractivity contribution in [2.24, 2.45) is 5.92 Å².